The van der Waals surface area contributed by atoms with E-state index in [0.29, 0.717) is 25.8 Å². The molecule has 0 bridgehead atoms. The van der Waals surface area contributed by atoms with Crippen molar-refractivity contribution in [3.8, 4) is 0 Å². The lowest BCUT2D eigenvalue weighted by Crippen LogP contribution is -2.61. The number of carboxylic acid groups (broad SMARTS) is 1. The topological polar surface area (TPSA) is 158 Å². The molecule has 3 N–H and O–H groups in total. The average molecular weight is 806 g/mol. The number of hydrogen-bond donors (Lipinski definition) is 4. The van der Waals surface area contributed by atoms with Gasteiger partial charge < -0.3 is 35.0 Å². The molecule has 0 spiro atoms. The summed E-state index contributed by atoms with van der Waals surface area (Å²) in [5.41, 5.74) is 0.782. The van der Waals surface area contributed by atoms with Crippen molar-refractivity contribution in [2.45, 2.75) is 142 Å². The van der Waals surface area contributed by atoms with Crippen molar-refractivity contribution >= 4 is 42.2 Å². The molecule has 1 aromatic rings. The van der Waals surface area contributed by atoms with Gasteiger partial charge in [0.05, 0.1) is 47.5 Å². The smallest absolute Gasteiger partial charge is 0.326 e. The second-order valence-corrected chi connectivity index (χ2v) is 17.8. The SMILES string of the molecule is CC[C@H](C)[C@@H]([C@@H](CC(=O)N1CCC[C@H]1[C@H](OC)[C@@H](C)C(=O)N[C@@H](Cc1ccccc1)C(=O)O)OC)N(C)C(=O)[C@@H](NC(=O)[C@H](C(C)C)N(C)C(C)(C)S)C(C)C. The Morgan fingerprint density at radius 2 is 1.55 bits per heavy atom. The summed E-state index contributed by atoms with van der Waals surface area (Å²) in [6, 6.07) is 5.69. The molecule has 0 aliphatic carbocycles. The van der Waals surface area contributed by atoms with E-state index in [9.17, 15) is 29.1 Å². The van der Waals surface area contributed by atoms with Gasteiger partial charge in [0.2, 0.25) is 23.6 Å². The summed E-state index contributed by atoms with van der Waals surface area (Å²) >= 11 is 4.69. The standard InChI is InChI=1S/C42H71N5O8S/c1-14-27(6)36(45(10)40(51)34(25(2)3)44-39(50)35(26(4)5)46(11)42(8,9)56)32(54-12)24-33(48)47-22-18-21-31(47)37(55-13)28(7)38(49)43-30(41(52)53)23-29-19-16-15-17-20-29/h15-17,19-20,25-28,30-32,34-37,56H,14,18,21-24H2,1-13H3,(H,43,49)(H,44,50)(H,52,53)/t27-,28+,30-,31-,32+,34-,35-,36-,37+/m0/s1. The molecular weight excluding hydrogens is 735 g/mol. The number of likely N-dealkylation sites (tertiary alicyclic amines) is 1. The number of benzene rings is 1. The van der Waals surface area contributed by atoms with E-state index in [1.807, 2.05) is 97.7 Å². The third-order valence-corrected chi connectivity index (χ3v) is 11.9. The van der Waals surface area contributed by atoms with Gasteiger partial charge in [-0.15, -0.1) is 0 Å². The Balaban J connectivity index is 2.30. The Kier molecular flexibility index (Phi) is 19.3. The molecule has 4 amide bonds. The monoisotopic (exact) mass is 806 g/mol. The second kappa shape index (κ2) is 22.1. The van der Waals surface area contributed by atoms with E-state index in [0.717, 1.165) is 5.56 Å². The molecule has 14 heteroatoms. The van der Waals surface area contributed by atoms with Crippen molar-refractivity contribution in [1.29, 1.82) is 0 Å². The van der Waals surface area contributed by atoms with Crippen molar-refractivity contribution in [3.05, 3.63) is 35.9 Å². The number of nitrogens with one attached hydrogen (secondary N) is 2. The lowest BCUT2D eigenvalue weighted by atomic mass is 9.89. The van der Waals surface area contributed by atoms with Crippen molar-refractivity contribution in [1.82, 2.24) is 25.3 Å². The number of likely N-dealkylation sites (N-methyl/N-ethyl adjacent to an activating group) is 2. The number of carbonyl (C=O) groups is 5. The fourth-order valence-corrected chi connectivity index (χ4v) is 8.02. The van der Waals surface area contributed by atoms with E-state index in [-0.39, 0.29) is 48.3 Å². The summed E-state index contributed by atoms with van der Waals surface area (Å²) in [4.78, 5) is 72.8. The quantitative estimate of drug-likeness (QED) is 0.0981. The first-order chi connectivity index (χ1) is 26.1. The molecule has 0 aromatic heterocycles. The number of carboxylic acids is 1. The Morgan fingerprint density at radius 3 is 2.04 bits per heavy atom. The normalized spacial score (nSPS) is 19.2. The van der Waals surface area contributed by atoms with Crippen LogP contribution in [-0.4, -0.2) is 132 Å². The molecule has 0 unspecified atom stereocenters. The zero-order valence-electron chi connectivity index (χ0n) is 36.1. The highest BCUT2D eigenvalue weighted by Crippen LogP contribution is 2.30. The van der Waals surface area contributed by atoms with Crippen LogP contribution in [0.3, 0.4) is 0 Å². The zero-order valence-corrected chi connectivity index (χ0v) is 37.0. The highest BCUT2D eigenvalue weighted by Gasteiger charge is 2.44. The van der Waals surface area contributed by atoms with E-state index in [4.69, 9.17) is 22.1 Å². The third kappa shape index (κ3) is 12.9. The van der Waals surface area contributed by atoms with Crippen molar-refractivity contribution < 1.29 is 38.6 Å². The van der Waals surface area contributed by atoms with Crippen LogP contribution in [0.5, 0.6) is 0 Å². The number of hydrogen-bond acceptors (Lipinski definition) is 9. The van der Waals surface area contributed by atoms with Gasteiger partial charge >= 0.3 is 5.97 Å². The van der Waals surface area contributed by atoms with Gasteiger partial charge in [-0.2, -0.15) is 12.6 Å². The second-order valence-electron chi connectivity index (χ2n) is 16.7. The van der Waals surface area contributed by atoms with Gasteiger partial charge in [-0.1, -0.05) is 85.2 Å². The minimum atomic E-state index is -1.14. The van der Waals surface area contributed by atoms with Gasteiger partial charge in [-0.05, 0) is 57.1 Å². The molecule has 1 heterocycles. The van der Waals surface area contributed by atoms with Gasteiger partial charge in [0, 0.05) is 34.2 Å². The van der Waals surface area contributed by atoms with Crippen LogP contribution in [0.15, 0.2) is 30.3 Å². The molecule has 0 radical (unpaired) electrons. The van der Waals surface area contributed by atoms with Crippen LogP contribution in [0.1, 0.15) is 93.6 Å². The van der Waals surface area contributed by atoms with E-state index < -0.39 is 65.1 Å². The Hall–Kier alpha value is -3.20. The van der Waals surface area contributed by atoms with Crippen LogP contribution in [-0.2, 0) is 39.9 Å². The molecule has 56 heavy (non-hydrogen) atoms. The highest BCUT2D eigenvalue weighted by atomic mass is 32.1. The molecule has 1 saturated heterocycles. The number of nitrogens with zero attached hydrogens (tertiary/aromatic N) is 3. The maximum Gasteiger partial charge on any atom is 0.326 e. The van der Waals surface area contributed by atoms with Crippen LogP contribution in [0, 0.1) is 23.7 Å². The molecular formula is C42H71N5O8S. The number of rotatable bonds is 22. The summed E-state index contributed by atoms with van der Waals surface area (Å²) in [6.45, 7) is 17.8. The summed E-state index contributed by atoms with van der Waals surface area (Å²) < 4.78 is 11.9. The van der Waals surface area contributed by atoms with Crippen LogP contribution < -0.4 is 10.6 Å². The van der Waals surface area contributed by atoms with Gasteiger partial charge in [0.25, 0.3) is 0 Å². The third-order valence-electron chi connectivity index (χ3n) is 11.6. The minimum Gasteiger partial charge on any atom is -0.480 e. The minimum absolute atomic E-state index is 0.0231. The molecule has 2 rings (SSSR count). The lowest BCUT2D eigenvalue weighted by molar-refractivity contribution is -0.148. The number of amides is 4. The summed E-state index contributed by atoms with van der Waals surface area (Å²) in [5.74, 6) is -3.43. The summed E-state index contributed by atoms with van der Waals surface area (Å²) in [6.07, 6.45) is 0.747. The van der Waals surface area contributed by atoms with Gasteiger partial charge in [0.1, 0.15) is 12.1 Å². The fraction of sp³-hybridized carbons (Fsp3) is 0.738. The first-order valence-corrected chi connectivity index (χ1v) is 20.5. The van der Waals surface area contributed by atoms with Gasteiger partial charge in [-0.3, -0.25) is 24.1 Å². The highest BCUT2D eigenvalue weighted by molar-refractivity contribution is 7.81. The molecule has 1 aromatic carbocycles. The molecule has 13 nitrogen and oxygen atoms in total. The number of carbonyl (C=O) groups excluding carboxylic acids is 4. The number of methoxy groups -OCH3 is 2. The Bertz CT molecular complexity index is 1440. The fourth-order valence-electron chi connectivity index (χ4n) is 7.90. The lowest BCUT2D eigenvalue weighted by Gasteiger charge is -2.42. The number of thiol groups is 1. The molecule has 1 aliphatic heterocycles. The number of aliphatic carboxylic acids is 1. The van der Waals surface area contributed by atoms with Crippen LogP contribution in [0.2, 0.25) is 0 Å². The molecule has 9 atom stereocenters. The molecule has 0 saturated carbocycles. The number of ether oxygens (including phenoxy) is 2. The van der Waals surface area contributed by atoms with Crippen molar-refractivity contribution in [3.63, 3.8) is 0 Å². The van der Waals surface area contributed by atoms with E-state index in [1.165, 1.54) is 14.2 Å². The first-order valence-electron chi connectivity index (χ1n) is 20.1. The summed E-state index contributed by atoms with van der Waals surface area (Å²) in [5, 5.41) is 15.6. The van der Waals surface area contributed by atoms with Crippen LogP contribution in [0.25, 0.3) is 0 Å². The van der Waals surface area contributed by atoms with E-state index in [1.54, 1.807) is 23.8 Å². The van der Waals surface area contributed by atoms with Crippen molar-refractivity contribution in [2.24, 2.45) is 23.7 Å². The Labute approximate surface area is 341 Å². The van der Waals surface area contributed by atoms with E-state index in [2.05, 4.69) is 10.6 Å². The average Bonchev–Trinajstić information content (AvgIpc) is 3.62. The molecule has 1 aliphatic rings. The maximum atomic E-state index is 14.4. The first kappa shape index (κ1) is 48.9. The van der Waals surface area contributed by atoms with Crippen LogP contribution in [0.4, 0.5) is 0 Å². The van der Waals surface area contributed by atoms with E-state index >= 15 is 0 Å². The predicted octanol–water partition coefficient (Wildman–Crippen LogP) is 4.48. The van der Waals surface area contributed by atoms with Crippen LogP contribution >= 0.6 is 12.6 Å². The zero-order chi connectivity index (χ0) is 42.7. The molecule has 318 valence electrons. The predicted molar refractivity (Wildman–Crippen MR) is 222 cm³/mol. The largest absolute Gasteiger partial charge is 0.480 e. The molecule has 1 fully saturated rings. The van der Waals surface area contributed by atoms with Gasteiger partial charge in [-0.25, -0.2) is 4.79 Å². The van der Waals surface area contributed by atoms with Gasteiger partial charge in [0.15, 0.2) is 0 Å². The maximum absolute atomic E-state index is 14.4. The Morgan fingerprint density at radius 1 is 0.946 bits per heavy atom. The van der Waals surface area contributed by atoms with Crippen molar-refractivity contribution in [2.75, 3.05) is 34.9 Å². The summed E-state index contributed by atoms with van der Waals surface area (Å²) in [7, 11) is 6.60.